The van der Waals surface area contributed by atoms with E-state index in [1.807, 2.05) is 6.92 Å². The summed E-state index contributed by atoms with van der Waals surface area (Å²) in [6, 6.07) is 0. The summed E-state index contributed by atoms with van der Waals surface area (Å²) in [5.41, 5.74) is 2.35. The molecule has 0 aliphatic carbocycles. The maximum absolute atomic E-state index is 11.7. The fraction of sp³-hybridized carbons (Fsp3) is 0.692. The maximum atomic E-state index is 11.7. The highest BCUT2D eigenvalue weighted by molar-refractivity contribution is 7.58. The predicted molar refractivity (Wildman–Crippen MR) is 76.5 cm³/mol. The highest BCUT2D eigenvalue weighted by atomic mass is 35.5. The van der Waals surface area contributed by atoms with Crippen molar-refractivity contribution in [2.75, 3.05) is 5.88 Å². The van der Waals surface area contributed by atoms with Crippen molar-refractivity contribution in [3.05, 3.63) is 12.3 Å². The number of allylic oxidation sites excluding steroid dienone is 1. The molecule has 1 N–H and O–H groups in total. The molecule has 0 fully saturated rings. The standard InChI is InChI=1S/C13H22ClO3P/c1-4-7-13(5-2)9-11-18(15,16)17-12(3)8-6-10-14/h13H,3-8,10H2,1-2H3,(H,15,16). The van der Waals surface area contributed by atoms with Crippen LogP contribution in [0.2, 0.25) is 0 Å². The molecule has 0 spiro atoms. The Morgan fingerprint density at radius 1 is 1.56 bits per heavy atom. The number of halogens is 1. The molecule has 0 aliphatic rings. The van der Waals surface area contributed by atoms with Gasteiger partial charge in [0.15, 0.2) is 0 Å². The molecule has 2 atom stereocenters. The second kappa shape index (κ2) is 9.50. The van der Waals surface area contributed by atoms with Crippen molar-refractivity contribution < 1.29 is 14.0 Å². The first-order valence-corrected chi connectivity index (χ1v) is 8.35. The van der Waals surface area contributed by atoms with Gasteiger partial charge in [0.05, 0.1) is 5.76 Å². The van der Waals surface area contributed by atoms with Crippen LogP contribution in [-0.2, 0) is 9.09 Å². The molecule has 3 nitrogen and oxygen atoms in total. The zero-order chi connectivity index (χ0) is 14.0. The van der Waals surface area contributed by atoms with Crippen molar-refractivity contribution in [2.45, 2.75) is 46.0 Å². The third-order valence-electron chi connectivity index (χ3n) is 2.38. The molecule has 0 aromatic carbocycles. The summed E-state index contributed by atoms with van der Waals surface area (Å²) in [6.07, 6.45) is 3.94. The van der Waals surface area contributed by atoms with Gasteiger partial charge in [-0.2, -0.15) is 0 Å². The second-order valence-electron chi connectivity index (χ2n) is 4.09. The Balaban J connectivity index is 4.41. The Labute approximate surface area is 115 Å². The lowest BCUT2D eigenvalue weighted by Gasteiger charge is -2.10. The van der Waals surface area contributed by atoms with Gasteiger partial charge in [-0.1, -0.05) is 32.8 Å². The second-order valence-corrected chi connectivity index (χ2v) is 5.92. The van der Waals surface area contributed by atoms with E-state index in [0.717, 1.165) is 19.3 Å². The summed E-state index contributed by atoms with van der Waals surface area (Å²) >= 11 is 5.52. The lowest BCUT2D eigenvalue weighted by atomic mass is 10.0. The van der Waals surface area contributed by atoms with Crippen LogP contribution in [0.25, 0.3) is 0 Å². The molecule has 0 amide bonds. The van der Waals surface area contributed by atoms with E-state index >= 15 is 0 Å². The van der Waals surface area contributed by atoms with Gasteiger partial charge in [-0.05, 0) is 19.3 Å². The van der Waals surface area contributed by atoms with Crippen molar-refractivity contribution in [1.29, 1.82) is 0 Å². The van der Waals surface area contributed by atoms with Gasteiger partial charge in [0.25, 0.3) is 0 Å². The average molecular weight is 293 g/mol. The lowest BCUT2D eigenvalue weighted by molar-refractivity contribution is 0.327. The first kappa shape index (κ1) is 17.6. The molecule has 0 aromatic rings. The zero-order valence-electron chi connectivity index (χ0n) is 11.1. The van der Waals surface area contributed by atoms with Crippen molar-refractivity contribution >= 4 is 19.2 Å². The Morgan fingerprint density at radius 3 is 2.72 bits per heavy atom. The SMILES string of the molecule is C=C(CCCCl)OP(=O)(O)C#CC(CC)CCC. The van der Waals surface area contributed by atoms with E-state index in [1.54, 1.807) is 0 Å². The molecule has 18 heavy (non-hydrogen) atoms. The topological polar surface area (TPSA) is 46.5 Å². The molecule has 0 aliphatic heterocycles. The van der Waals surface area contributed by atoms with Crippen molar-refractivity contribution in [3.8, 4) is 11.6 Å². The molecular weight excluding hydrogens is 271 g/mol. The van der Waals surface area contributed by atoms with Crippen LogP contribution in [0, 0.1) is 17.5 Å². The highest BCUT2D eigenvalue weighted by Gasteiger charge is 2.18. The van der Waals surface area contributed by atoms with Crippen LogP contribution >= 0.6 is 19.2 Å². The van der Waals surface area contributed by atoms with Crippen LogP contribution in [0.15, 0.2) is 12.3 Å². The summed E-state index contributed by atoms with van der Waals surface area (Å²) < 4.78 is 16.6. The van der Waals surface area contributed by atoms with E-state index < -0.39 is 7.60 Å². The largest absolute Gasteiger partial charge is 0.453 e. The zero-order valence-corrected chi connectivity index (χ0v) is 12.8. The fourth-order valence-corrected chi connectivity index (χ4v) is 2.37. The van der Waals surface area contributed by atoms with Crippen molar-refractivity contribution in [2.24, 2.45) is 5.92 Å². The summed E-state index contributed by atoms with van der Waals surface area (Å²) in [4.78, 5) is 9.56. The van der Waals surface area contributed by atoms with Crippen LogP contribution in [0.1, 0.15) is 46.0 Å². The first-order valence-electron chi connectivity index (χ1n) is 6.24. The van der Waals surface area contributed by atoms with Crippen molar-refractivity contribution in [1.82, 2.24) is 0 Å². The first-order chi connectivity index (χ1) is 8.45. The minimum Gasteiger partial charge on any atom is -0.421 e. The van der Waals surface area contributed by atoms with Crippen molar-refractivity contribution in [3.63, 3.8) is 0 Å². The Kier molecular flexibility index (Phi) is 9.28. The van der Waals surface area contributed by atoms with Crippen LogP contribution in [0.3, 0.4) is 0 Å². The minimum atomic E-state index is -3.88. The van der Waals surface area contributed by atoms with E-state index in [9.17, 15) is 9.46 Å². The molecular formula is C13H22ClO3P. The number of rotatable bonds is 8. The molecule has 2 unspecified atom stereocenters. The van der Waals surface area contributed by atoms with Crippen LogP contribution < -0.4 is 0 Å². The summed E-state index contributed by atoms with van der Waals surface area (Å²) in [7, 11) is -3.88. The van der Waals surface area contributed by atoms with Gasteiger partial charge in [-0.25, -0.2) is 4.57 Å². The van der Waals surface area contributed by atoms with Crippen LogP contribution in [0.5, 0.6) is 0 Å². The summed E-state index contributed by atoms with van der Waals surface area (Å²) in [5, 5.41) is 0. The van der Waals surface area contributed by atoms with E-state index in [4.69, 9.17) is 16.1 Å². The van der Waals surface area contributed by atoms with E-state index in [1.165, 1.54) is 0 Å². The van der Waals surface area contributed by atoms with E-state index in [-0.39, 0.29) is 11.7 Å². The van der Waals surface area contributed by atoms with Gasteiger partial charge in [-0.3, -0.25) is 0 Å². The molecule has 104 valence electrons. The Bertz CT molecular complexity index is 357. The maximum Gasteiger partial charge on any atom is 0.453 e. The number of hydrogen-bond donors (Lipinski definition) is 1. The summed E-state index contributed by atoms with van der Waals surface area (Å²) in [5.74, 6) is 3.70. The monoisotopic (exact) mass is 292 g/mol. The smallest absolute Gasteiger partial charge is 0.421 e. The van der Waals surface area contributed by atoms with Gasteiger partial charge >= 0.3 is 7.60 Å². The predicted octanol–water partition coefficient (Wildman–Crippen LogP) is 4.51. The molecule has 0 rings (SSSR count). The Hall–Kier alpha value is -0.420. The minimum absolute atomic E-state index is 0.148. The quantitative estimate of drug-likeness (QED) is 0.310. The van der Waals surface area contributed by atoms with Gasteiger partial charge in [0.2, 0.25) is 0 Å². The van der Waals surface area contributed by atoms with Gasteiger partial charge in [0, 0.05) is 23.9 Å². The van der Waals surface area contributed by atoms with Gasteiger partial charge < -0.3 is 9.42 Å². The fourth-order valence-electron chi connectivity index (χ4n) is 1.41. The molecule has 5 heteroatoms. The molecule has 0 saturated heterocycles. The van der Waals surface area contributed by atoms with Gasteiger partial charge in [0.1, 0.15) is 0 Å². The average Bonchev–Trinajstić information content (AvgIpc) is 2.31. The third-order valence-corrected chi connectivity index (χ3v) is 3.57. The highest BCUT2D eigenvalue weighted by Crippen LogP contribution is 2.43. The molecule has 0 aromatic heterocycles. The molecule has 0 radical (unpaired) electrons. The number of alkyl halides is 1. The van der Waals surface area contributed by atoms with E-state index in [0.29, 0.717) is 18.7 Å². The molecule has 0 bridgehead atoms. The normalized spacial score (nSPS) is 15.1. The lowest BCUT2D eigenvalue weighted by Crippen LogP contribution is -1.94. The molecule has 0 heterocycles. The van der Waals surface area contributed by atoms with Crippen LogP contribution in [-0.4, -0.2) is 10.8 Å². The molecule has 0 saturated carbocycles. The Morgan fingerprint density at radius 2 is 2.22 bits per heavy atom. The third kappa shape index (κ3) is 8.64. The van der Waals surface area contributed by atoms with Crippen LogP contribution in [0.4, 0.5) is 0 Å². The number of hydrogen-bond acceptors (Lipinski definition) is 2. The van der Waals surface area contributed by atoms with Gasteiger partial charge in [-0.15, -0.1) is 11.6 Å². The summed E-state index contributed by atoms with van der Waals surface area (Å²) in [6.45, 7) is 7.65. The van der Waals surface area contributed by atoms with E-state index in [2.05, 4.69) is 25.1 Å².